The van der Waals surface area contributed by atoms with Gasteiger partial charge in [0.05, 0.1) is 10.5 Å². The molecule has 1 heterocycles. The monoisotopic (exact) mass is 309 g/mol. The molecule has 2 aromatic carbocycles. The standard InChI is InChI=1S/C13H6ClF2N3O2/c14-7-4-5-8(11(6-7)19(20)21)13-17-12-9(15)2-1-3-10(12)18(13)16/h1-6H. The van der Waals surface area contributed by atoms with Crippen LogP contribution in [0.15, 0.2) is 36.4 Å². The number of nitrogens with zero attached hydrogens (tertiary/aromatic N) is 3. The number of benzene rings is 2. The molecule has 3 rings (SSSR count). The van der Waals surface area contributed by atoms with E-state index in [0.717, 1.165) is 12.1 Å². The number of halogens is 3. The van der Waals surface area contributed by atoms with Crippen molar-refractivity contribution in [3.63, 3.8) is 0 Å². The molecule has 0 aliphatic heterocycles. The van der Waals surface area contributed by atoms with E-state index in [4.69, 9.17) is 11.6 Å². The van der Waals surface area contributed by atoms with Crippen LogP contribution < -0.4 is 0 Å². The van der Waals surface area contributed by atoms with E-state index in [9.17, 15) is 19.0 Å². The summed E-state index contributed by atoms with van der Waals surface area (Å²) in [5.41, 5.74) is -0.784. The van der Waals surface area contributed by atoms with Gasteiger partial charge in [0, 0.05) is 11.1 Å². The number of rotatable bonds is 2. The average Bonchev–Trinajstić information content (AvgIpc) is 2.78. The largest absolute Gasteiger partial charge is 0.281 e. The van der Waals surface area contributed by atoms with Gasteiger partial charge in [0.1, 0.15) is 11.0 Å². The smallest absolute Gasteiger partial charge is 0.258 e. The normalized spacial score (nSPS) is 11.0. The summed E-state index contributed by atoms with van der Waals surface area (Å²) in [7, 11) is 0. The zero-order chi connectivity index (χ0) is 15.1. The van der Waals surface area contributed by atoms with Gasteiger partial charge in [-0.1, -0.05) is 22.1 Å². The molecule has 0 aliphatic carbocycles. The van der Waals surface area contributed by atoms with E-state index >= 15 is 0 Å². The first-order valence-corrected chi connectivity index (χ1v) is 6.14. The molecule has 0 saturated heterocycles. The van der Waals surface area contributed by atoms with E-state index in [0.29, 0.717) is 0 Å². The Hall–Kier alpha value is -2.54. The minimum Gasteiger partial charge on any atom is -0.258 e. The quantitative estimate of drug-likeness (QED) is 0.528. The number of para-hydroxylation sites is 1. The van der Waals surface area contributed by atoms with Crippen molar-refractivity contribution in [2.24, 2.45) is 0 Å². The SMILES string of the molecule is O=[N+]([O-])c1cc(Cl)ccc1-c1nc2c(F)cccc2n1F. The van der Waals surface area contributed by atoms with E-state index < -0.39 is 16.4 Å². The highest BCUT2D eigenvalue weighted by Crippen LogP contribution is 2.34. The minimum atomic E-state index is -0.707. The molecule has 0 atom stereocenters. The number of hydrogen-bond acceptors (Lipinski definition) is 3. The molecule has 21 heavy (non-hydrogen) atoms. The van der Waals surface area contributed by atoms with E-state index in [-0.39, 0.29) is 32.2 Å². The van der Waals surface area contributed by atoms with Crippen molar-refractivity contribution in [3.05, 3.63) is 57.4 Å². The fourth-order valence-electron chi connectivity index (χ4n) is 2.05. The van der Waals surface area contributed by atoms with Gasteiger partial charge in [-0.3, -0.25) is 10.1 Å². The van der Waals surface area contributed by atoms with Crippen molar-refractivity contribution in [2.45, 2.75) is 0 Å². The molecule has 8 heteroatoms. The molecular weight excluding hydrogens is 304 g/mol. The van der Waals surface area contributed by atoms with Crippen LogP contribution in [0.25, 0.3) is 22.4 Å². The topological polar surface area (TPSA) is 61.0 Å². The highest BCUT2D eigenvalue weighted by molar-refractivity contribution is 6.30. The molecule has 0 bridgehead atoms. The summed E-state index contributed by atoms with van der Waals surface area (Å²) in [5.74, 6) is -1.06. The molecule has 0 saturated carbocycles. The Balaban J connectivity index is 2.33. The Kier molecular flexibility index (Phi) is 3.06. The lowest BCUT2D eigenvalue weighted by molar-refractivity contribution is -0.384. The second-order valence-corrected chi connectivity index (χ2v) is 4.68. The number of imidazole rings is 1. The van der Waals surface area contributed by atoms with Crippen LogP contribution in [0.2, 0.25) is 5.02 Å². The fourth-order valence-corrected chi connectivity index (χ4v) is 2.21. The third-order valence-corrected chi connectivity index (χ3v) is 3.21. The molecule has 0 aliphatic rings. The van der Waals surface area contributed by atoms with Crippen LogP contribution in [0.5, 0.6) is 0 Å². The zero-order valence-corrected chi connectivity index (χ0v) is 11.0. The zero-order valence-electron chi connectivity index (χ0n) is 10.3. The van der Waals surface area contributed by atoms with Gasteiger partial charge < -0.3 is 0 Å². The second kappa shape index (κ2) is 4.78. The van der Waals surface area contributed by atoms with Crippen molar-refractivity contribution >= 4 is 28.3 Å². The minimum absolute atomic E-state index is 0.0810. The number of nitro groups is 1. The van der Waals surface area contributed by atoms with Crippen molar-refractivity contribution in [2.75, 3.05) is 0 Å². The maximum absolute atomic E-state index is 14.3. The van der Waals surface area contributed by atoms with E-state index in [1.165, 1.54) is 24.3 Å². The molecule has 0 fully saturated rings. The summed E-state index contributed by atoms with van der Waals surface area (Å²) in [4.78, 5) is 14.3. The molecular formula is C13H6ClF2N3O2. The van der Waals surface area contributed by atoms with E-state index in [1.54, 1.807) is 0 Å². The first-order valence-electron chi connectivity index (χ1n) is 5.76. The molecule has 0 N–H and O–H groups in total. The lowest BCUT2D eigenvalue weighted by Gasteiger charge is -2.01. The molecule has 5 nitrogen and oxygen atoms in total. The predicted octanol–water partition coefficient (Wildman–Crippen LogP) is 4.14. The Labute approximate surface area is 121 Å². The average molecular weight is 310 g/mol. The Morgan fingerprint density at radius 2 is 2.05 bits per heavy atom. The van der Waals surface area contributed by atoms with E-state index in [1.807, 2.05) is 0 Å². The summed E-state index contributed by atoms with van der Waals surface area (Å²) < 4.78 is 27.9. The van der Waals surface area contributed by atoms with Crippen LogP contribution in [-0.4, -0.2) is 14.7 Å². The highest BCUT2D eigenvalue weighted by Gasteiger charge is 2.23. The van der Waals surface area contributed by atoms with Gasteiger partial charge in [0.2, 0.25) is 0 Å². The van der Waals surface area contributed by atoms with Crippen LogP contribution in [-0.2, 0) is 0 Å². The van der Waals surface area contributed by atoms with Crippen molar-refractivity contribution in [1.82, 2.24) is 9.77 Å². The summed E-state index contributed by atoms with van der Waals surface area (Å²) in [5, 5.41) is 11.2. The van der Waals surface area contributed by atoms with Gasteiger partial charge in [-0.2, -0.15) is 4.79 Å². The number of nitro benzene ring substituents is 1. The Morgan fingerprint density at radius 1 is 1.29 bits per heavy atom. The first kappa shape index (κ1) is 13.4. The summed E-state index contributed by atoms with van der Waals surface area (Å²) in [6.07, 6.45) is 0. The van der Waals surface area contributed by atoms with Gasteiger partial charge >= 0.3 is 0 Å². The maximum atomic E-state index is 14.3. The summed E-state index contributed by atoms with van der Waals surface area (Å²) in [6, 6.07) is 7.53. The number of aromatic nitrogens is 2. The molecule has 0 unspecified atom stereocenters. The highest BCUT2D eigenvalue weighted by atomic mass is 35.5. The lowest BCUT2D eigenvalue weighted by Crippen LogP contribution is -1.95. The van der Waals surface area contributed by atoms with Crippen molar-refractivity contribution < 1.29 is 13.8 Å². The molecule has 1 aromatic heterocycles. The fraction of sp³-hybridized carbons (Fsp3) is 0. The Bertz CT molecular complexity index is 879. The van der Waals surface area contributed by atoms with Gasteiger partial charge in [-0.25, -0.2) is 9.37 Å². The number of fused-ring (bicyclic) bond motifs is 1. The van der Waals surface area contributed by atoms with Crippen molar-refractivity contribution in [3.8, 4) is 11.4 Å². The lowest BCUT2D eigenvalue weighted by atomic mass is 10.1. The third-order valence-electron chi connectivity index (χ3n) is 2.98. The second-order valence-electron chi connectivity index (χ2n) is 4.24. The van der Waals surface area contributed by atoms with Crippen LogP contribution in [0.1, 0.15) is 0 Å². The van der Waals surface area contributed by atoms with Crippen molar-refractivity contribution in [1.29, 1.82) is 0 Å². The Morgan fingerprint density at radius 3 is 2.71 bits per heavy atom. The third kappa shape index (κ3) is 2.11. The molecule has 0 spiro atoms. The molecule has 3 aromatic rings. The van der Waals surface area contributed by atoms with Gasteiger partial charge in [0.25, 0.3) is 5.69 Å². The summed E-state index contributed by atoms with van der Waals surface area (Å²) in [6.45, 7) is 0. The van der Waals surface area contributed by atoms with Crippen LogP contribution in [0.4, 0.5) is 14.6 Å². The van der Waals surface area contributed by atoms with Crippen LogP contribution >= 0.6 is 11.6 Å². The predicted molar refractivity (Wildman–Crippen MR) is 73.3 cm³/mol. The first-order chi connectivity index (χ1) is 9.99. The van der Waals surface area contributed by atoms with Gasteiger partial charge in [-0.15, -0.1) is 0 Å². The van der Waals surface area contributed by atoms with Gasteiger partial charge in [-0.05, 0) is 24.3 Å². The number of hydrogen-bond donors (Lipinski definition) is 0. The molecule has 0 radical (unpaired) electrons. The van der Waals surface area contributed by atoms with Crippen LogP contribution in [0.3, 0.4) is 0 Å². The molecule has 106 valence electrons. The van der Waals surface area contributed by atoms with Crippen LogP contribution in [0, 0.1) is 15.9 Å². The maximum Gasteiger partial charge on any atom is 0.281 e. The van der Waals surface area contributed by atoms with Gasteiger partial charge in [0.15, 0.2) is 11.6 Å². The summed E-state index contributed by atoms with van der Waals surface area (Å²) >= 11 is 5.71. The molecule has 0 amide bonds. The van der Waals surface area contributed by atoms with E-state index in [2.05, 4.69) is 4.98 Å².